The van der Waals surface area contributed by atoms with Crippen LogP contribution in [0.1, 0.15) is 36.5 Å². The van der Waals surface area contributed by atoms with Gasteiger partial charge in [-0.2, -0.15) is 0 Å². The van der Waals surface area contributed by atoms with Crippen LogP contribution in [-0.4, -0.2) is 17.0 Å². The predicted molar refractivity (Wildman–Crippen MR) is 61.8 cm³/mol. The standard InChI is InChI=1S/C12H15NO4/c1-2-3-7-10(14)17-9-6-4-5-8(11(9)15)12(13)16/h4-6,15H,2-3,7H2,1H3,(H2,13,16). The van der Waals surface area contributed by atoms with Crippen LogP contribution in [0.3, 0.4) is 0 Å². The molecule has 5 nitrogen and oxygen atoms in total. The molecule has 0 unspecified atom stereocenters. The minimum absolute atomic E-state index is 0.0394. The van der Waals surface area contributed by atoms with E-state index in [1.807, 2.05) is 6.92 Å². The molecule has 0 bridgehead atoms. The van der Waals surface area contributed by atoms with Gasteiger partial charge in [-0.25, -0.2) is 0 Å². The first-order valence-electron chi connectivity index (χ1n) is 5.38. The topological polar surface area (TPSA) is 89.6 Å². The van der Waals surface area contributed by atoms with Crippen molar-refractivity contribution < 1.29 is 19.4 Å². The molecule has 92 valence electrons. The minimum atomic E-state index is -0.769. The van der Waals surface area contributed by atoms with Crippen molar-refractivity contribution in [2.75, 3.05) is 0 Å². The van der Waals surface area contributed by atoms with Crippen LogP contribution in [0, 0.1) is 0 Å². The van der Waals surface area contributed by atoms with Crippen LogP contribution in [0.15, 0.2) is 18.2 Å². The second kappa shape index (κ2) is 5.89. The number of para-hydroxylation sites is 1. The summed E-state index contributed by atoms with van der Waals surface area (Å²) in [6.45, 7) is 1.96. The van der Waals surface area contributed by atoms with Gasteiger partial charge >= 0.3 is 5.97 Å². The molecule has 0 aliphatic heterocycles. The van der Waals surface area contributed by atoms with E-state index in [1.54, 1.807) is 0 Å². The maximum atomic E-state index is 11.4. The molecule has 5 heteroatoms. The summed E-state index contributed by atoms with van der Waals surface area (Å²) in [5.74, 6) is -1.65. The molecule has 0 aliphatic carbocycles. The van der Waals surface area contributed by atoms with Crippen LogP contribution in [0.2, 0.25) is 0 Å². The van der Waals surface area contributed by atoms with Gasteiger partial charge in [0.15, 0.2) is 11.5 Å². The molecule has 0 aromatic heterocycles. The minimum Gasteiger partial charge on any atom is -0.504 e. The van der Waals surface area contributed by atoms with Crippen molar-refractivity contribution >= 4 is 11.9 Å². The average molecular weight is 237 g/mol. The van der Waals surface area contributed by atoms with Crippen molar-refractivity contribution in [3.63, 3.8) is 0 Å². The number of benzene rings is 1. The Balaban J connectivity index is 2.81. The highest BCUT2D eigenvalue weighted by Gasteiger charge is 2.14. The molecule has 1 amide bonds. The molecule has 0 spiro atoms. The second-order valence-electron chi connectivity index (χ2n) is 3.59. The van der Waals surface area contributed by atoms with Crippen molar-refractivity contribution in [1.82, 2.24) is 0 Å². The number of hydrogen-bond acceptors (Lipinski definition) is 4. The van der Waals surface area contributed by atoms with Crippen LogP contribution in [0.25, 0.3) is 0 Å². The van der Waals surface area contributed by atoms with Gasteiger partial charge < -0.3 is 15.6 Å². The summed E-state index contributed by atoms with van der Waals surface area (Å²) in [5, 5.41) is 9.66. The summed E-state index contributed by atoms with van der Waals surface area (Å²) < 4.78 is 4.94. The van der Waals surface area contributed by atoms with E-state index in [0.29, 0.717) is 0 Å². The van der Waals surface area contributed by atoms with Crippen LogP contribution in [0.4, 0.5) is 0 Å². The van der Waals surface area contributed by atoms with Crippen LogP contribution in [-0.2, 0) is 4.79 Å². The molecule has 17 heavy (non-hydrogen) atoms. The van der Waals surface area contributed by atoms with E-state index in [-0.39, 0.29) is 17.7 Å². The number of aromatic hydroxyl groups is 1. The van der Waals surface area contributed by atoms with Crippen molar-refractivity contribution in [2.24, 2.45) is 5.73 Å². The molecule has 0 saturated carbocycles. The molecule has 0 saturated heterocycles. The summed E-state index contributed by atoms with van der Waals surface area (Å²) in [4.78, 5) is 22.3. The number of carbonyl (C=O) groups is 2. The second-order valence-corrected chi connectivity index (χ2v) is 3.59. The van der Waals surface area contributed by atoms with Crippen molar-refractivity contribution in [3.8, 4) is 11.5 Å². The highest BCUT2D eigenvalue weighted by molar-refractivity contribution is 5.96. The number of hydrogen-bond donors (Lipinski definition) is 2. The number of esters is 1. The quantitative estimate of drug-likeness (QED) is 0.601. The van der Waals surface area contributed by atoms with Crippen LogP contribution >= 0.6 is 0 Å². The normalized spacial score (nSPS) is 9.94. The first kappa shape index (κ1) is 13.0. The molecule has 0 aliphatic rings. The van der Waals surface area contributed by atoms with Gasteiger partial charge in [0, 0.05) is 6.42 Å². The highest BCUT2D eigenvalue weighted by atomic mass is 16.5. The molecule has 0 atom stereocenters. The summed E-state index contributed by atoms with van der Waals surface area (Å²) >= 11 is 0. The Hall–Kier alpha value is -2.04. The maximum absolute atomic E-state index is 11.4. The Kier molecular flexibility index (Phi) is 4.51. The van der Waals surface area contributed by atoms with Gasteiger partial charge in [-0.3, -0.25) is 9.59 Å². The van der Waals surface area contributed by atoms with Crippen molar-refractivity contribution in [1.29, 1.82) is 0 Å². The number of nitrogens with two attached hydrogens (primary N) is 1. The van der Waals surface area contributed by atoms with Gasteiger partial charge in [0.1, 0.15) is 0 Å². The van der Waals surface area contributed by atoms with Gasteiger partial charge in [-0.05, 0) is 18.6 Å². The zero-order chi connectivity index (χ0) is 12.8. The lowest BCUT2D eigenvalue weighted by molar-refractivity contribution is -0.134. The lowest BCUT2D eigenvalue weighted by Crippen LogP contribution is -2.12. The van der Waals surface area contributed by atoms with Crippen molar-refractivity contribution in [2.45, 2.75) is 26.2 Å². The van der Waals surface area contributed by atoms with E-state index in [0.717, 1.165) is 12.8 Å². The Morgan fingerprint density at radius 2 is 2.12 bits per heavy atom. The Morgan fingerprint density at radius 1 is 1.41 bits per heavy atom. The first-order valence-corrected chi connectivity index (χ1v) is 5.38. The van der Waals surface area contributed by atoms with Crippen LogP contribution in [0.5, 0.6) is 11.5 Å². The van der Waals surface area contributed by atoms with E-state index >= 15 is 0 Å². The van der Waals surface area contributed by atoms with E-state index < -0.39 is 17.6 Å². The third-order valence-electron chi connectivity index (χ3n) is 2.22. The highest BCUT2D eigenvalue weighted by Crippen LogP contribution is 2.29. The van der Waals surface area contributed by atoms with Crippen LogP contribution < -0.4 is 10.5 Å². The van der Waals surface area contributed by atoms with Gasteiger partial charge in [0.05, 0.1) is 5.56 Å². The van der Waals surface area contributed by atoms with Gasteiger partial charge in [-0.15, -0.1) is 0 Å². The van der Waals surface area contributed by atoms with E-state index in [2.05, 4.69) is 0 Å². The van der Waals surface area contributed by atoms with Crippen molar-refractivity contribution in [3.05, 3.63) is 23.8 Å². The molecular formula is C12H15NO4. The smallest absolute Gasteiger partial charge is 0.311 e. The number of ether oxygens (including phenoxy) is 1. The molecule has 0 fully saturated rings. The van der Waals surface area contributed by atoms with E-state index in [4.69, 9.17) is 10.5 Å². The summed E-state index contributed by atoms with van der Waals surface area (Å²) in [6, 6.07) is 4.26. The molecule has 0 heterocycles. The zero-order valence-corrected chi connectivity index (χ0v) is 9.60. The number of amides is 1. The Bertz CT molecular complexity index is 429. The third kappa shape index (κ3) is 3.48. The largest absolute Gasteiger partial charge is 0.504 e. The van der Waals surface area contributed by atoms with E-state index in [9.17, 15) is 14.7 Å². The van der Waals surface area contributed by atoms with Gasteiger partial charge in [-0.1, -0.05) is 19.4 Å². The number of primary amides is 1. The lowest BCUT2D eigenvalue weighted by Gasteiger charge is -2.07. The fourth-order valence-electron chi connectivity index (χ4n) is 1.30. The number of phenols is 1. The maximum Gasteiger partial charge on any atom is 0.311 e. The fraction of sp³-hybridized carbons (Fsp3) is 0.333. The summed E-state index contributed by atoms with van der Waals surface area (Å²) in [6.07, 6.45) is 1.87. The van der Waals surface area contributed by atoms with Gasteiger partial charge in [0.2, 0.25) is 0 Å². The summed E-state index contributed by atoms with van der Waals surface area (Å²) in [7, 11) is 0. The molecule has 3 N–H and O–H groups in total. The third-order valence-corrected chi connectivity index (χ3v) is 2.22. The molecule has 0 radical (unpaired) electrons. The number of rotatable bonds is 5. The molecular weight excluding hydrogens is 222 g/mol. The zero-order valence-electron chi connectivity index (χ0n) is 9.60. The fourth-order valence-corrected chi connectivity index (χ4v) is 1.30. The Labute approximate surface area is 99.2 Å². The SMILES string of the molecule is CCCCC(=O)Oc1cccc(C(N)=O)c1O. The monoisotopic (exact) mass is 237 g/mol. The molecule has 1 aromatic carbocycles. The van der Waals surface area contributed by atoms with Gasteiger partial charge in [0.25, 0.3) is 5.91 Å². The average Bonchev–Trinajstić information content (AvgIpc) is 2.28. The first-order chi connectivity index (χ1) is 8.06. The molecule has 1 aromatic rings. The molecule has 1 rings (SSSR count). The number of carbonyl (C=O) groups excluding carboxylic acids is 2. The predicted octanol–water partition coefficient (Wildman–Crippen LogP) is 1.59. The summed E-state index contributed by atoms with van der Waals surface area (Å²) in [5.41, 5.74) is 4.99. The number of unbranched alkanes of at least 4 members (excludes halogenated alkanes) is 1. The Morgan fingerprint density at radius 3 is 2.71 bits per heavy atom. The lowest BCUT2D eigenvalue weighted by atomic mass is 10.2. The van der Waals surface area contributed by atoms with E-state index in [1.165, 1.54) is 18.2 Å².